The number of para-hydroxylation sites is 1. The first-order valence-corrected chi connectivity index (χ1v) is 12.0. The van der Waals surface area contributed by atoms with Crippen LogP contribution in [0.4, 0.5) is 5.69 Å². The van der Waals surface area contributed by atoms with Gasteiger partial charge in [0.2, 0.25) is 5.88 Å². The molecule has 0 radical (unpaired) electrons. The van der Waals surface area contributed by atoms with Crippen LogP contribution < -0.4 is 10.0 Å². The first kappa shape index (κ1) is 21.6. The van der Waals surface area contributed by atoms with E-state index < -0.39 is 15.9 Å². The number of rotatable bonds is 3. The first-order valence-electron chi connectivity index (χ1n) is 10.6. The van der Waals surface area contributed by atoms with E-state index in [-0.39, 0.29) is 34.4 Å². The molecular weight excluding hydrogens is 450 g/mol. The van der Waals surface area contributed by atoms with Crippen molar-refractivity contribution in [3.63, 3.8) is 0 Å². The zero-order valence-corrected chi connectivity index (χ0v) is 19.1. The number of nitrogens with zero attached hydrogens (tertiary/aromatic N) is 2. The number of aryl methyl sites for hydroxylation is 1. The van der Waals surface area contributed by atoms with Gasteiger partial charge in [-0.25, -0.2) is 8.42 Å². The van der Waals surface area contributed by atoms with Gasteiger partial charge < -0.3 is 15.6 Å². The Kier molecular flexibility index (Phi) is 5.07. The van der Waals surface area contributed by atoms with Gasteiger partial charge in [-0.3, -0.25) is 4.31 Å². The summed E-state index contributed by atoms with van der Waals surface area (Å²) >= 11 is 0. The van der Waals surface area contributed by atoms with Crippen molar-refractivity contribution in [1.29, 1.82) is 5.26 Å². The first-order chi connectivity index (χ1) is 16.3. The number of anilines is 1. The molecule has 34 heavy (non-hydrogen) atoms. The lowest BCUT2D eigenvalue weighted by atomic mass is 9.88. The number of fused-ring (bicyclic) bond motifs is 2. The van der Waals surface area contributed by atoms with Gasteiger partial charge in [-0.2, -0.15) is 5.26 Å². The molecule has 170 valence electrons. The van der Waals surface area contributed by atoms with Crippen molar-refractivity contribution in [2.45, 2.75) is 19.4 Å². The van der Waals surface area contributed by atoms with Crippen LogP contribution in [0.5, 0.6) is 5.75 Å². The number of aromatic hydroxyl groups is 1. The predicted octanol–water partition coefficient (Wildman–Crippen LogP) is 4.23. The van der Waals surface area contributed by atoms with Crippen molar-refractivity contribution in [3.05, 3.63) is 111 Å². The average Bonchev–Trinajstić information content (AvgIpc) is 2.82. The Morgan fingerprint density at radius 2 is 1.82 bits per heavy atom. The maximum absolute atomic E-state index is 14.2. The van der Waals surface area contributed by atoms with Crippen LogP contribution in [0.15, 0.2) is 89.2 Å². The highest BCUT2D eigenvalue weighted by atomic mass is 32.2. The van der Waals surface area contributed by atoms with Crippen molar-refractivity contribution in [2.75, 3.05) is 4.31 Å². The van der Waals surface area contributed by atoms with Gasteiger partial charge in [-0.15, -0.1) is 0 Å². The van der Waals surface area contributed by atoms with Gasteiger partial charge in [0.15, 0.2) is 5.76 Å². The van der Waals surface area contributed by atoms with Crippen LogP contribution in [0.25, 0.3) is 5.76 Å². The minimum absolute atomic E-state index is 0.0249. The molecule has 0 fully saturated rings. The molecule has 0 amide bonds. The number of allylic oxidation sites excluding steroid dienone is 2. The number of benzene rings is 3. The number of phenolic OH excluding ortho intramolecular Hbond substituents is 1. The molecule has 3 aromatic carbocycles. The van der Waals surface area contributed by atoms with Crippen LogP contribution in [-0.2, 0) is 21.3 Å². The molecule has 0 aliphatic carbocycles. The van der Waals surface area contributed by atoms with Crippen LogP contribution in [0, 0.1) is 18.3 Å². The van der Waals surface area contributed by atoms with Gasteiger partial charge in [0.05, 0.1) is 18.2 Å². The van der Waals surface area contributed by atoms with Gasteiger partial charge >= 0.3 is 0 Å². The monoisotopic (exact) mass is 471 g/mol. The second-order valence-corrected chi connectivity index (χ2v) is 10.00. The van der Waals surface area contributed by atoms with E-state index in [1.807, 2.05) is 37.3 Å². The van der Waals surface area contributed by atoms with Crippen LogP contribution in [0.2, 0.25) is 0 Å². The molecule has 8 heteroatoms. The molecule has 5 rings (SSSR count). The van der Waals surface area contributed by atoms with Crippen molar-refractivity contribution in [2.24, 2.45) is 5.73 Å². The Morgan fingerprint density at radius 3 is 2.56 bits per heavy atom. The third kappa shape index (κ3) is 3.29. The zero-order valence-electron chi connectivity index (χ0n) is 18.3. The lowest BCUT2D eigenvalue weighted by Gasteiger charge is -2.38. The molecule has 3 aromatic rings. The van der Waals surface area contributed by atoms with Crippen LogP contribution >= 0.6 is 0 Å². The van der Waals surface area contributed by atoms with Crippen LogP contribution in [0.3, 0.4) is 0 Å². The molecule has 0 saturated carbocycles. The number of hydrogen-bond acceptors (Lipinski definition) is 6. The Hall–Kier alpha value is -4.22. The molecule has 2 aliphatic rings. The average molecular weight is 472 g/mol. The van der Waals surface area contributed by atoms with Crippen molar-refractivity contribution in [1.82, 2.24) is 0 Å². The largest absolute Gasteiger partial charge is 0.508 e. The van der Waals surface area contributed by atoms with E-state index in [9.17, 15) is 18.8 Å². The van der Waals surface area contributed by atoms with Crippen LogP contribution in [0.1, 0.15) is 28.2 Å². The summed E-state index contributed by atoms with van der Waals surface area (Å²) in [5.41, 5.74) is 9.35. The summed E-state index contributed by atoms with van der Waals surface area (Å²) in [5.74, 6) is -1.14. The second kappa shape index (κ2) is 7.97. The number of nitrogens with two attached hydrogens (primary N) is 1. The molecule has 2 aliphatic heterocycles. The summed E-state index contributed by atoms with van der Waals surface area (Å²) in [6.07, 6.45) is 0. The lowest BCUT2D eigenvalue weighted by Crippen LogP contribution is -2.39. The van der Waals surface area contributed by atoms with Gasteiger partial charge in [0.25, 0.3) is 10.0 Å². The topological polar surface area (TPSA) is 117 Å². The Labute approximate surface area is 197 Å². The van der Waals surface area contributed by atoms with E-state index in [1.54, 1.807) is 36.4 Å². The van der Waals surface area contributed by atoms with E-state index >= 15 is 0 Å². The summed E-state index contributed by atoms with van der Waals surface area (Å²) in [7, 11) is -4.16. The second-order valence-electron chi connectivity index (χ2n) is 8.17. The quantitative estimate of drug-likeness (QED) is 0.591. The van der Waals surface area contributed by atoms with Gasteiger partial charge in [0, 0.05) is 5.56 Å². The summed E-state index contributed by atoms with van der Waals surface area (Å²) in [6.45, 7) is 2.04. The number of ether oxygens (including phenoxy) is 1. The molecular formula is C26H21N3O4S. The van der Waals surface area contributed by atoms with Gasteiger partial charge in [-0.05, 0) is 47.9 Å². The highest BCUT2D eigenvalue weighted by Crippen LogP contribution is 2.51. The maximum atomic E-state index is 14.2. The fourth-order valence-electron chi connectivity index (χ4n) is 4.46. The highest BCUT2D eigenvalue weighted by molar-refractivity contribution is 7.96. The molecule has 0 aromatic heterocycles. The minimum Gasteiger partial charge on any atom is -0.508 e. The van der Waals surface area contributed by atoms with Gasteiger partial charge in [0.1, 0.15) is 22.3 Å². The van der Waals surface area contributed by atoms with E-state index in [0.717, 1.165) is 11.1 Å². The molecule has 7 nitrogen and oxygen atoms in total. The van der Waals surface area contributed by atoms with E-state index in [1.165, 1.54) is 16.4 Å². The molecule has 1 unspecified atom stereocenters. The maximum Gasteiger partial charge on any atom is 0.265 e. The Bertz CT molecular complexity index is 1530. The Balaban J connectivity index is 1.78. The predicted molar refractivity (Wildman–Crippen MR) is 128 cm³/mol. The van der Waals surface area contributed by atoms with E-state index in [4.69, 9.17) is 10.5 Å². The number of sulfonamides is 1. The third-order valence-corrected chi connectivity index (χ3v) is 8.02. The molecule has 0 bridgehead atoms. The molecule has 3 N–H and O–H groups in total. The highest BCUT2D eigenvalue weighted by Gasteiger charge is 2.47. The smallest absolute Gasteiger partial charge is 0.265 e. The number of phenols is 1. The minimum atomic E-state index is -4.16. The normalized spacial score (nSPS) is 18.6. The Morgan fingerprint density at radius 1 is 1.09 bits per heavy atom. The van der Waals surface area contributed by atoms with Crippen molar-refractivity contribution in [3.8, 4) is 11.8 Å². The lowest BCUT2D eigenvalue weighted by molar-refractivity contribution is 0.357. The summed E-state index contributed by atoms with van der Waals surface area (Å²) in [5, 5.41) is 20.0. The molecule has 2 heterocycles. The molecule has 0 saturated heterocycles. The third-order valence-electron chi connectivity index (χ3n) is 6.14. The van der Waals surface area contributed by atoms with Crippen molar-refractivity contribution >= 4 is 21.5 Å². The summed E-state index contributed by atoms with van der Waals surface area (Å²) < 4.78 is 35.6. The van der Waals surface area contributed by atoms with E-state index in [0.29, 0.717) is 16.8 Å². The number of nitriles is 1. The molecule has 1 atom stereocenters. The van der Waals surface area contributed by atoms with E-state index in [2.05, 4.69) is 0 Å². The zero-order chi connectivity index (χ0) is 24.0. The van der Waals surface area contributed by atoms with Crippen molar-refractivity contribution < 1.29 is 18.3 Å². The fourth-order valence-corrected chi connectivity index (χ4v) is 6.36. The fraction of sp³-hybridized carbons (Fsp3) is 0.115. The summed E-state index contributed by atoms with van der Waals surface area (Å²) in [6, 6.07) is 22.8. The molecule has 0 spiro atoms. The number of hydrogen-bond donors (Lipinski definition) is 2. The van der Waals surface area contributed by atoms with Crippen LogP contribution in [-0.4, -0.2) is 13.5 Å². The SMILES string of the molecule is Cc1ccccc1CN1c2ccccc2C2=C(C(c3cccc(O)c3)C(C#N)=C(N)O2)S1(=O)=O. The standard InChI is InChI=1S/C26H21N3O4S/c1-16-7-2-3-8-18(16)15-29-22-12-5-4-11-20(22)24-25(34(29,31)32)23(21(14-27)26(28)33-24)17-9-6-10-19(30)13-17/h2-13,23,30H,15,28H2,1H3. The summed E-state index contributed by atoms with van der Waals surface area (Å²) in [4.78, 5) is -0.0730. The van der Waals surface area contributed by atoms with Gasteiger partial charge in [-0.1, -0.05) is 48.5 Å².